The first-order chi connectivity index (χ1) is 9.13. The monoisotopic (exact) mass is 265 g/mol. The highest BCUT2D eigenvalue weighted by Gasteiger charge is 2.28. The van der Waals surface area contributed by atoms with Crippen LogP contribution in [0.3, 0.4) is 0 Å². The van der Waals surface area contributed by atoms with Gasteiger partial charge in [-0.3, -0.25) is 9.69 Å². The van der Waals surface area contributed by atoms with Gasteiger partial charge in [-0.1, -0.05) is 13.8 Å². The molecule has 0 radical (unpaired) electrons. The van der Waals surface area contributed by atoms with Gasteiger partial charge in [0.25, 0.3) is 5.56 Å². The van der Waals surface area contributed by atoms with Gasteiger partial charge in [0.05, 0.1) is 13.2 Å². The van der Waals surface area contributed by atoms with E-state index in [4.69, 9.17) is 0 Å². The molecule has 1 aliphatic heterocycles. The van der Waals surface area contributed by atoms with E-state index in [1.54, 1.807) is 6.07 Å². The van der Waals surface area contributed by atoms with Gasteiger partial charge in [0.2, 0.25) is 0 Å². The highest BCUT2D eigenvalue weighted by atomic mass is 16.3. The third kappa shape index (κ3) is 3.42. The number of hydrogen-bond acceptors (Lipinski definition) is 4. The number of aliphatic hydroxyl groups excluding tert-OH is 1. The van der Waals surface area contributed by atoms with Gasteiger partial charge in [0.15, 0.2) is 0 Å². The summed E-state index contributed by atoms with van der Waals surface area (Å²) < 4.78 is 0. The molecule has 2 N–H and O–H groups in total. The zero-order valence-corrected chi connectivity index (χ0v) is 11.7. The van der Waals surface area contributed by atoms with Crippen molar-refractivity contribution in [2.45, 2.75) is 45.7 Å². The van der Waals surface area contributed by atoms with Crippen LogP contribution < -0.4 is 5.56 Å². The van der Waals surface area contributed by atoms with E-state index in [0.717, 1.165) is 31.5 Å². The molecule has 0 saturated carbocycles. The highest BCUT2D eigenvalue weighted by Crippen LogP contribution is 2.23. The standard InChI is InChI=1S/C14H23N3O2/c1-3-11-7-14(19)16-13(15-11)8-17-6-4-5-10(2)12(17)9-18/h7,10,12,18H,3-6,8-9H2,1-2H3,(H,15,16,19). The fourth-order valence-electron chi connectivity index (χ4n) is 2.84. The Labute approximate surface area is 113 Å². The topological polar surface area (TPSA) is 69.2 Å². The summed E-state index contributed by atoms with van der Waals surface area (Å²) in [5.41, 5.74) is 0.733. The molecule has 0 bridgehead atoms. The Bertz CT molecular complexity index is 472. The number of H-pyrrole nitrogens is 1. The molecule has 1 saturated heterocycles. The van der Waals surface area contributed by atoms with Gasteiger partial charge < -0.3 is 10.1 Å². The quantitative estimate of drug-likeness (QED) is 0.849. The van der Waals surface area contributed by atoms with Crippen molar-refractivity contribution in [2.24, 2.45) is 5.92 Å². The average molecular weight is 265 g/mol. The number of aromatic amines is 1. The predicted molar refractivity (Wildman–Crippen MR) is 73.9 cm³/mol. The lowest BCUT2D eigenvalue weighted by Gasteiger charge is -2.38. The van der Waals surface area contributed by atoms with Crippen molar-refractivity contribution in [2.75, 3.05) is 13.2 Å². The van der Waals surface area contributed by atoms with Crippen LogP contribution in [-0.2, 0) is 13.0 Å². The van der Waals surface area contributed by atoms with Crippen molar-refractivity contribution in [3.63, 3.8) is 0 Å². The van der Waals surface area contributed by atoms with Crippen LogP contribution in [0.2, 0.25) is 0 Å². The smallest absolute Gasteiger partial charge is 0.251 e. The molecule has 0 aliphatic carbocycles. The number of nitrogens with zero attached hydrogens (tertiary/aromatic N) is 2. The van der Waals surface area contributed by atoms with Crippen LogP contribution in [0.1, 0.15) is 38.2 Å². The number of rotatable bonds is 4. The van der Waals surface area contributed by atoms with Crippen molar-refractivity contribution in [1.29, 1.82) is 0 Å². The maximum atomic E-state index is 11.6. The van der Waals surface area contributed by atoms with Gasteiger partial charge in [-0.15, -0.1) is 0 Å². The Balaban J connectivity index is 2.15. The molecule has 2 atom stereocenters. The molecule has 19 heavy (non-hydrogen) atoms. The first-order valence-electron chi connectivity index (χ1n) is 7.08. The zero-order valence-electron chi connectivity index (χ0n) is 11.7. The molecule has 0 spiro atoms. The zero-order chi connectivity index (χ0) is 13.8. The molecule has 1 fully saturated rings. The molecule has 0 aromatic carbocycles. The highest BCUT2D eigenvalue weighted by molar-refractivity contribution is 5.03. The van der Waals surface area contributed by atoms with Gasteiger partial charge in [-0.2, -0.15) is 0 Å². The minimum Gasteiger partial charge on any atom is -0.395 e. The Morgan fingerprint density at radius 1 is 1.58 bits per heavy atom. The number of piperidine rings is 1. The van der Waals surface area contributed by atoms with Gasteiger partial charge in [-0.25, -0.2) is 4.98 Å². The molecule has 1 aliphatic rings. The molecule has 5 heteroatoms. The Hall–Kier alpha value is -1.20. The fraction of sp³-hybridized carbons (Fsp3) is 0.714. The van der Waals surface area contributed by atoms with Crippen molar-refractivity contribution < 1.29 is 5.11 Å². The summed E-state index contributed by atoms with van der Waals surface area (Å²) in [6.07, 6.45) is 3.05. The molecule has 2 heterocycles. The summed E-state index contributed by atoms with van der Waals surface area (Å²) in [6.45, 7) is 5.89. The van der Waals surface area contributed by atoms with Crippen molar-refractivity contribution in [1.82, 2.24) is 14.9 Å². The number of aromatic nitrogens is 2. The van der Waals surface area contributed by atoms with E-state index >= 15 is 0 Å². The van der Waals surface area contributed by atoms with Gasteiger partial charge in [-0.05, 0) is 31.7 Å². The van der Waals surface area contributed by atoms with Crippen LogP contribution in [0.4, 0.5) is 0 Å². The van der Waals surface area contributed by atoms with E-state index < -0.39 is 0 Å². The van der Waals surface area contributed by atoms with Gasteiger partial charge in [0.1, 0.15) is 5.82 Å². The molecule has 106 valence electrons. The second kappa shape index (κ2) is 6.30. The second-order valence-corrected chi connectivity index (χ2v) is 5.38. The SMILES string of the molecule is CCc1cc(=O)[nH]c(CN2CCCC(C)C2CO)n1. The molecule has 5 nitrogen and oxygen atoms in total. The Morgan fingerprint density at radius 3 is 3.05 bits per heavy atom. The summed E-state index contributed by atoms with van der Waals surface area (Å²) in [4.78, 5) is 21.1. The van der Waals surface area contributed by atoms with Crippen LogP contribution in [0.25, 0.3) is 0 Å². The Morgan fingerprint density at radius 2 is 2.37 bits per heavy atom. The lowest BCUT2D eigenvalue weighted by molar-refractivity contribution is 0.0453. The normalized spacial score (nSPS) is 24.6. The van der Waals surface area contributed by atoms with Crippen LogP contribution in [-0.4, -0.2) is 39.2 Å². The van der Waals surface area contributed by atoms with Gasteiger partial charge in [0, 0.05) is 17.8 Å². The third-order valence-corrected chi connectivity index (χ3v) is 3.98. The third-order valence-electron chi connectivity index (χ3n) is 3.98. The van der Waals surface area contributed by atoms with E-state index in [2.05, 4.69) is 21.8 Å². The molecule has 0 amide bonds. The molecular formula is C14H23N3O2. The summed E-state index contributed by atoms with van der Waals surface area (Å²) in [5.74, 6) is 1.19. The Kier molecular flexibility index (Phi) is 4.71. The average Bonchev–Trinajstić information content (AvgIpc) is 2.38. The minimum absolute atomic E-state index is 0.0903. The van der Waals surface area contributed by atoms with Crippen LogP contribution in [0.15, 0.2) is 10.9 Å². The number of nitrogens with one attached hydrogen (secondary N) is 1. The lowest BCUT2D eigenvalue weighted by atomic mass is 9.91. The van der Waals surface area contributed by atoms with E-state index in [0.29, 0.717) is 18.3 Å². The van der Waals surface area contributed by atoms with Crippen LogP contribution >= 0.6 is 0 Å². The number of aliphatic hydroxyl groups is 1. The van der Waals surface area contributed by atoms with Crippen molar-refractivity contribution in [3.8, 4) is 0 Å². The van der Waals surface area contributed by atoms with E-state index in [-0.39, 0.29) is 18.2 Å². The largest absolute Gasteiger partial charge is 0.395 e. The van der Waals surface area contributed by atoms with Crippen LogP contribution in [0, 0.1) is 5.92 Å². The fourth-order valence-corrected chi connectivity index (χ4v) is 2.84. The van der Waals surface area contributed by atoms with Crippen molar-refractivity contribution >= 4 is 0 Å². The summed E-state index contributed by atoms with van der Waals surface area (Å²) in [5, 5.41) is 9.53. The second-order valence-electron chi connectivity index (χ2n) is 5.38. The molecule has 2 unspecified atom stereocenters. The summed E-state index contributed by atoms with van der Waals surface area (Å²) >= 11 is 0. The predicted octanol–water partition coefficient (Wildman–Crippen LogP) is 0.925. The van der Waals surface area contributed by atoms with Crippen molar-refractivity contribution in [3.05, 3.63) is 27.9 Å². The first kappa shape index (κ1) is 14.2. The number of hydrogen-bond donors (Lipinski definition) is 2. The first-order valence-corrected chi connectivity index (χ1v) is 7.08. The maximum absolute atomic E-state index is 11.6. The molecule has 1 aromatic heterocycles. The molecular weight excluding hydrogens is 242 g/mol. The van der Waals surface area contributed by atoms with E-state index in [9.17, 15) is 9.90 Å². The van der Waals surface area contributed by atoms with E-state index in [1.807, 2.05) is 6.92 Å². The summed E-state index contributed by atoms with van der Waals surface area (Å²) in [6, 6.07) is 1.72. The minimum atomic E-state index is -0.0903. The summed E-state index contributed by atoms with van der Waals surface area (Å²) in [7, 11) is 0. The number of likely N-dealkylation sites (tertiary alicyclic amines) is 1. The van der Waals surface area contributed by atoms with Gasteiger partial charge >= 0.3 is 0 Å². The maximum Gasteiger partial charge on any atom is 0.251 e. The van der Waals surface area contributed by atoms with E-state index in [1.165, 1.54) is 0 Å². The molecule has 2 rings (SSSR count). The molecule has 1 aromatic rings. The number of aryl methyl sites for hydroxylation is 1. The lowest BCUT2D eigenvalue weighted by Crippen LogP contribution is -2.46. The van der Waals surface area contributed by atoms with Crippen LogP contribution in [0.5, 0.6) is 0 Å².